The van der Waals surface area contributed by atoms with Crippen molar-refractivity contribution in [2.45, 2.75) is 19.4 Å². The van der Waals surface area contributed by atoms with Gasteiger partial charge >= 0.3 is 0 Å². The lowest BCUT2D eigenvalue weighted by molar-refractivity contribution is -0.273. The van der Waals surface area contributed by atoms with Gasteiger partial charge < -0.3 is 4.57 Å². The summed E-state index contributed by atoms with van der Waals surface area (Å²) in [4.78, 5) is 22.2. The first kappa shape index (κ1) is 15.1. The Morgan fingerprint density at radius 2 is 1.88 bits per heavy atom. The first-order valence-electron chi connectivity index (χ1n) is 8.19. The molecule has 1 aromatic heterocycles. The molecule has 0 bridgehead atoms. The average molecular weight is 321 g/mol. The summed E-state index contributed by atoms with van der Waals surface area (Å²) >= 11 is 0. The molecule has 2 aromatic carbocycles. The van der Waals surface area contributed by atoms with E-state index in [1.54, 1.807) is 0 Å². The molecule has 24 heavy (non-hydrogen) atoms. The molecule has 4 nitrogen and oxygen atoms in total. The molecule has 4 rings (SSSR count). The molecule has 0 spiro atoms. The number of Topliss-reactive ketones (excluding diaryl/α,β-unsaturated/α-hetero) is 1. The van der Waals surface area contributed by atoms with E-state index < -0.39 is 0 Å². The number of aromatic nitrogens is 1. The minimum atomic E-state index is 0.234. The standard InChI is InChI=1S/C20H19NO3/c1-23-24-13-12-21-17-9-5-8-15-18(22)11-10-16(19(15)17)20(21)14-6-3-2-4-7-14/h2-9H,10-13H2,1H3. The van der Waals surface area contributed by atoms with E-state index in [2.05, 4.69) is 22.8 Å². The number of hydrogen-bond donors (Lipinski definition) is 0. The van der Waals surface area contributed by atoms with E-state index in [0.29, 0.717) is 19.6 Å². The van der Waals surface area contributed by atoms with E-state index >= 15 is 0 Å². The monoisotopic (exact) mass is 321 g/mol. The van der Waals surface area contributed by atoms with E-state index in [9.17, 15) is 4.79 Å². The second-order valence-electron chi connectivity index (χ2n) is 5.96. The van der Waals surface area contributed by atoms with Crippen molar-refractivity contribution in [1.82, 2.24) is 4.57 Å². The van der Waals surface area contributed by atoms with Crippen LogP contribution in [0, 0.1) is 0 Å². The number of nitrogens with zero attached hydrogens (tertiary/aromatic N) is 1. The Kier molecular flexibility index (Phi) is 3.92. The fourth-order valence-electron chi connectivity index (χ4n) is 3.70. The third-order valence-electron chi connectivity index (χ3n) is 4.66. The van der Waals surface area contributed by atoms with Crippen molar-refractivity contribution < 1.29 is 14.6 Å². The Labute approximate surface area is 140 Å². The Bertz CT molecular complexity index is 896. The molecule has 1 aliphatic rings. The van der Waals surface area contributed by atoms with Crippen LogP contribution in [0.1, 0.15) is 22.3 Å². The SMILES string of the molecule is COOCCn1c(-c2ccccc2)c2c3c(cccc31)C(=O)CC2. The van der Waals surface area contributed by atoms with Crippen molar-refractivity contribution in [3.05, 3.63) is 59.7 Å². The maximum absolute atomic E-state index is 12.3. The van der Waals surface area contributed by atoms with Crippen LogP contribution in [0.5, 0.6) is 0 Å². The van der Waals surface area contributed by atoms with Gasteiger partial charge in [-0.05, 0) is 23.6 Å². The maximum atomic E-state index is 12.3. The van der Waals surface area contributed by atoms with Crippen LogP contribution in [0.2, 0.25) is 0 Å². The fraction of sp³-hybridized carbons (Fsp3) is 0.250. The third-order valence-corrected chi connectivity index (χ3v) is 4.66. The van der Waals surface area contributed by atoms with Gasteiger partial charge in [-0.1, -0.05) is 42.5 Å². The van der Waals surface area contributed by atoms with Gasteiger partial charge in [0.05, 0.1) is 12.8 Å². The van der Waals surface area contributed by atoms with Gasteiger partial charge in [0.2, 0.25) is 0 Å². The molecule has 3 aromatic rings. The van der Waals surface area contributed by atoms with Gasteiger partial charge in [0, 0.05) is 29.4 Å². The predicted octanol–water partition coefficient (Wildman–Crippen LogP) is 4.02. The highest BCUT2D eigenvalue weighted by Gasteiger charge is 2.26. The van der Waals surface area contributed by atoms with E-state index in [-0.39, 0.29) is 5.78 Å². The Balaban J connectivity index is 1.98. The number of hydrogen-bond acceptors (Lipinski definition) is 3. The van der Waals surface area contributed by atoms with Crippen LogP contribution >= 0.6 is 0 Å². The largest absolute Gasteiger partial charge is 0.338 e. The molecule has 0 radical (unpaired) electrons. The summed E-state index contributed by atoms with van der Waals surface area (Å²) in [6.07, 6.45) is 1.36. The van der Waals surface area contributed by atoms with Gasteiger partial charge in [-0.2, -0.15) is 0 Å². The average Bonchev–Trinajstić information content (AvgIpc) is 2.94. The van der Waals surface area contributed by atoms with E-state index in [4.69, 9.17) is 9.78 Å². The Morgan fingerprint density at radius 1 is 1.04 bits per heavy atom. The number of benzene rings is 2. The predicted molar refractivity (Wildman–Crippen MR) is 93.0 cm³/mol. The van der Waals surface area contributed by atoms with Crippen molar-refractivity contribution in [2.24, 2.45) is 0 Å². The van der Waals surface area contributed by atoms with Crippen LogP contribution in [0.4, 0.5) is 0 Å². The summed E-state index contributed by atoms with van der Waals surface area (Å²) in [6, 6.07) is 16.3. The molecule has 1 aliphatic carbocycles. The molecule has 0 aliphatic heterocycles. The number of aryl methyl sites for hydroxylation is 1. The van der Waals surface area contributed by atoms with Gasteiger partial charge in [0.1, 0.15) is 6.61 Å². The van der Waals surface area contributed by atoms with Crippen molar-refractivity contribution in [3.63, 3.8) is 0 Å². The fourth-order valence-corrected chi connectivity index (χ4v) is 3.70. The van der Waals surface area contributed by atoms with E-state index in [1.165, 1.54) is 23.9 Å². The molecule has 122 valence electrons. The molecule has 0 N–H and O–H groups in total. The molecule has 0 fully saturated rings. The zero-order valence-corrected chi connectivity index (χ0v) is 13.6. The number of ketones is 1. The molecule has 0 atom stereocenters. The quantitative estimate of drug-likeness (QED) is 0.405. The lowest BCUT2D eigenvalue weighted by Crippen LogP contribution is -2.08. The highest BCUT2D eigenvalue weighted by molar-refractivity contribution is 6.12. The van der Waals surface area contributed by atoms with Gasteiger partial charge in [-0.15, -0.1) is 0 Å². The topological polar surface area (TPSA) is 40.5 Å². The summed E-state index contributed by atoms with van der Waals surface area (Å²) in [5.41, 5.74) is 5.56. The summed E-state index contributed by atoms with van der Waals surface area (Å²) in [6.45, 7) is 1.13. The summed E-state index contributed by atoms with van der Waals surface area (Å²) < 4.78 is 2.25. The Morgan fingerprint density at radius 3 is 2.67 bits per heavy atom. The van der Waals surface area contributed by atoms with Gasteiger partial charge in [-0.3, -0.25) is 4.79 Å². The van der Waals surface area contributed by atoms with Gasteiger partial charge in [0.15, 0.2) is 5.78 Å². The third kappa shape index (κ3) is 2.35. The summed E-state index contributed by atoms with van der Waals surface area (Å²) in [7, 11) is 1.52. The van der Waals surface area contributed by atoms with Crippen molar-refractivity contribution in [3.8, 4) is 11.3 Å². The lowest BCUT2D eigenvalue weighted by Gasteiger charge is -2.13. The smallest absolute Gasteiger partial charge is 0.163 e. The minimum absolute atomic E-state index is 0.234. The van der Waals surface area contributed by atoms with Crippen molar-refractivity contribution in [2.75, 3.05) is 13.7 Å². The van der Waals surface area contributed by atoms with Crippen LogP contribution in [-0.2, 0) is 22.7 Å². The van der Waals surface area contributed by atoms with Gasteiger partial charge in [0.25, 0.3) is 0 Å². The molecular formula is C20H19NO3. The van der Waals surface area contributed by atoms with Crippen LogP contribution in [0.3, 0.4) is 0 Å². The first-order chi connectivity index (χ1) is 11.8. The van der Waals surface area contributed by atoms with Crippen LogP contribution in [0.25, 0.3) is 22.2 Å². The minimum Gasteiger partial charge on any atom is -0.338 e. The molecular weight excluding hydrogens is 302 g/mol. The van der Waals surface area contributed by atoms with E-state index in [1.807, 2.05) is 30.3 Å². The van der Waals surface area contributed by atoms with Crippen LogP contribution in [0.15, 0.2) is 48.5 Å². The second-order valence-corrected chi connectivity index (χ2v) is 5.96. The highest BCUT2D eigenvalue weighted by Crippen LogP contribution is 2.39. The van der Waals surface area contributed by atoms with Crippen molar-refractivity contribution in [1.29, 1.82) is 0 Å². The van der Waals surface area contributed by atoms with Gasteiger partial charge in [-0.25, -0.2) is 9.78 Å². The molecule has 1 heterocycles. The molecule has 0 amide bonds. The molecule has 0 unspecified atom stereocenters. The van der Waals surface area contributed by atoms with Crippen LogP contribution < -0.4 is 0 Å². The molecule has 4 heteroatoms. The normalized spacial score (nSPS) is 13.6. The van der Waals surface area contributed by atoms with E-state index in [0.717, 1.165) is 22.9 Å². The van der Waals surface area contributed by atoms with Crippen molar-refractivity contribution >= 4 is 16.7 Å². The Hall–Kier alpha value is -2.43. The summed E-state index contributed by atoms with van der Waals surface area (Å²) in [5.74, 6) is 0.234. The number of rotatable bonds is 5. The zero-order valence-electron chi connectivity index (χ0n) is 13.6. The number of carbonyl (C=O) groups is 1. The summed E-state index contributed by atoms with van der Waals surface area (Å²) in [5, 5.41) is 1.10. The maximum Gasteiger partial charge on any atom is 0.163 e. The molecule has 0 saturated carbocycles. The second kappa shape index (κ2) is 6.23. The number of carbonyl (C=O) groups excluding carboxylic acids is 1. The molecule has 0 saturated heterocycles. The van der Waals surface area contributed by atoms with Crippen LogP contribution in [-0.4, -0.2) is 24.1 Å². The lowest BCUT2D eigenvalue weighted by atomic mass is 9.89. The zero-order chi connectivity index (χ0) is 16.5. The first-order valence-corrected chi connectivity index (χ1v) is 8.19. The highest BCUT2D eigenvalue weighted by atomic mass is 17.2.